The first kappa shape index (κ1) is 36.1. The molecule has 240 valence electrons. The lowest BCUT2D eigenvalue weighted by atomic mass is 9.82. The number of rotatable bonds is 17. The first-order valence-corrected chi connectivity index (χ1v) is 17.2. The highest BCUT2D eigenvalue weighted by Crippen LogP contribution is 2.40. The van der Waals surface area contributed by atoms with Crippen molar-refractivity contribution in [3.05, 3.63) is 0 Å². The zero-order chi connectivity index (χ0) is 30.7. The number of carbonyl (C=O) groups excluding carboxylic acids is 2. The van der Waals surface area contributed by atoms with Gasteiger partial charge in [0, 0.05) is 0 Å². The van der Waals surface area contributed by atoms with Crippen molar-refractivity contribution >= 4 is 11.9 Å². The van der Waals surface area contributed by atoms with Crippen LogP contribution >= 0.6 is 0 Å². The van der Waals surface area contributed by atoms with Crippen LogP contribution in [-0.4, -0.2) is 44.2 Å². The van der Waals surface area contributed by atoms with Crippen molar-refractivity contribution in [2.45, 2.75) is 206 Å². The van der Waals surface area contributed by atoms with Gasteiger partial charge in [-0.3, -0.25) is 0 Å². The molecule has 2 saturated heterocycles. The number of piperidine rings is 2. The molecule has 6 nitrogen and oxygen atoms in total. The van der Waals surface area contributed by atoms with E-state index < -0.39 is 17.9 Å². The highest BCUT2D eigenvalue weighted by Gasteiger charge is 2.48. The van der Waals surface area contributed by atoms with Gasteiger partial charge in [-0.1, -0.05) is 84.0 Å². The first-order valence-electron chi connectivity index (χ1n) is 17.2. The van der Waals surface area contributed by atoms with Gasteiger partial charge < -0.3 is 9.68 Å². The second-order valence-electron chi connectivity index (χ2n) is 15.6. The summed E-state index contributed by atoms with van der Waals surface area (Å²) in [6.07, 6.45) is 21.4. The summed E-state index contributed by atoms with van der Waals surface area (Å²) in [5.41, 5.74) is -1.12. The molecule has 0 bridgehead atoms. The van der Waals surface area contributed by atoms with Crippen molar-refractivity contribution in [1.82, 2.24) is 10.1 Å². The molecule has 2 heterocycles. The SMILES string of the molecule is CCCCCCCCCCCCCCC(C(=O)ON1C(C)(C)CCCC1(C)C)C(=O)ON1C(C)(C)CCCC1(C)C. The number of unbranched alkanes of at least 4 members (excludes halogenated alkanes) is 11. The number of hydrogen-bond donors (Lipinski definition) is 0. The molecule has 2 rings (SSSR count). The van der Waals surface area contributed by atoms with Gasteiger partial charge in [0.15, 0.2) is 5.92 Å². The Morgan fingerprint density at radius 1 is 0.537 bits per heavy atom. The standard InChI is InChI=1S/C35H66N2O4/c1-10-11-12-13-14-15-16-17-18-19-20-21-24-29(30(38)40-36-32(2,3)25-22-26-33(36,4)5)31(39)41-37-34(6,7)27-23-28-35(37,8)9/h29H,10-28H2,1-9H3. The number of hydrogen-bond acceptors (Lipinski definition) is 6. The predicted octanol–water partition coefficient (Wildman–Crippen LogP) is 9.70. The second-order valence-corrected chi connectivity index (χ2v) is 15.6. The molecule has 2 fully saturated rings. The predicted molar refractivity (Wildman–Crippen MR) is 169 cm³/mol. The number of nitrogens with zero attached hydrogens (tertiary/aromatic N) is 2. The highest BCUT2D eigenvalue weighted by molar-refractivity contribution is 5.94. The monoisotopic (exact) mass is 579 g/mol. The average Bonchev–Trinajstić information content (AvgIpc) is 2.86. The van der Waals surface area contributed by atoms with Crippen molar-refractivity contribution in [3.8, 4) is 0 Å². The van der Waals surface area contributed by atoms with Gasteiger partial charge in [0.1, 0.15) is 0 Å². The Morgan fingerprint density at radius 2 is 0.829 bits per heavy atom. The third-order valence-electron chi connectivity index (χ3n) is 9.63. The maximum Gasteiger partial charge on any atom is 0.339 e. The summed E-state index contributed by atoms with van der Waals surface area (Å²) in [7, 11) is 0. The number of hydroxylamine groups is 4. The summed E-state index contributed by atoms with van der Waals surface area (Å²) >= 11 is 0. The summed E-state index contributed by atoms with van der Waals surface area (Å²) < 4.78 is 0. The van der Waals surface area contributed by atoms with Crippen LogP contribution in [-0.2, 0) is 19.3 Å². The minimum Gasteiger partial charge on any atom is -0.366 e. The molecule has 6 heteroatoms. The molecule has 0 aromatic carbocycles. The third-order valence-corrected chi connectivity index (χ3v) is 9.63. The van der Waals surface area contributed by atoms with Crippen molar-refractivity contribution in [1.29, 1.82) is 0 Å². The van der Waals surface area contributed by atoms with Crippen LogP contribution in [0.25, 0.3) is 0 Å². The van der Waals surface area contributed by atoms with Gasteiger partial charge in [-0.25, -0.2) is 9.59 Å². The molecule has 0 amide bonds. The first-order chi connectivity index (χ1) is 19.1. The summed E-state index contributed by atoms with van der Waals surface area (Å²) in [5, 5.41) is 3.73. The van der Waals surface area contributed by atoms with E-state index in [-0.39, 0.29) is 22.2 Å². The molecule has 0 saturated carbocycles. The molecule has 0 unspecified atom stereocenters. The fourth-order valence-corrected chi connectivity index (χ4v) is 7.27. The lowest BCUT2D eigenvalue weighted by Gasteiger charge is -2.51. The van der Waals surface area contributed by atoms with E-state index >= 15 is 0 Å². The molecule has 2 aliphatic heterocycles. The van der Waals surface area contributed by atoms with Crippen LogP contribution in [0, 0.1) is 5.92 Å². The minimum atomic E-state index is -0.917. The zero-order valence-corrected chi connectivity index (χ0v) is 28.5. The van der Waals surface area contributed by atoms with Crippen molar-refractivity contribution < 1.29 is 19.3 Å². The van der Waals surface area contributed by atoms with Crippen LogP contribution < -0.4 is 0 Å². The molecule has 0 atom stereocenters. The van der Waals surface area contributed by atoms with E-state index in [2.05, 4.69) is 62.3 Å². The molecule has 0 radical (unpaired) electrons. The van der Waals surface area contributed by atoms with Crippen LogP contribution in [0.2, 0.25) is 0 Å². The van der Waals surface area contributed by atoms with Gasteiger partial charge >= 0.3 is 11.9 Å². The van der Waals surface area contributed by atoms with E-state index in [1.54, 1.807) is 0 Å². The van der Waals surface area contributed by atoms with Crippen molar-refractivity contribution in [2.24, 2.45) is 5.92 Å². The lowest BCUT2D eigenvalue weighted by Crippen LogP contribution is -2.60. The molecule has 0 N–H and O–H groups in total. The largest absolute Gasteiger partial charge is 0.366 e. The Labute approximate surface area is 253 Å². The molecule has 41 heavy (non-hydrogen) atoms. The van der Waals surface area contributed by atoms with Gasteiger partial charge in [-0.15, -0.1) is 10.1 Å². The van der Waals surface area contributed by atoms with Gasteiger partial charge in [0.05, 0.1) is 22.2 Å². The summed E-state index contributed by atoms with van der Waals surface area (Å²) in [6.45, 7) is 19.3. The Hall–Kier alpha value is -1.14. The summed E-state index contributed by atoms with van der Waals surface area (Å²) in [6, 6.07) is 0. The molecule has 0 spiro atoms. The fourth-order valence-electron chi connectivity index (χ4n) is 7.27. The Kier molecular flexibility index (Phi) is 14.1. The van der Waals surface area contributed by atoms with Crippen LogP contribution in [0.1, 0.15) is 184 Å². The van der Waals surface area contributed by atoms with E-state index in [4.69, 9.17) is 9.68 Å². The highest BCUT2D eigenvalue weighted by atomic mass is 16.7. The van der Waals surface area contributed by atoms with E-state index in [0.29, 0.717) is 6.42 Å². The molecule has 0 aromatic heterocycles. The maximum atomic E-state index is 13.7. The maximum absolute atomic E-state index is 13.7. The Bertz CT molecular complexity index is 720. The quantitative estimate of drug-likeness (QED) is 0.126. The second kappa shape index (κ2) is 16.1. The van der Waals surface area contributed by atoms with Gasteiger partial charge in [0.2, 0.25) is 0 Å². The smallest absolute Gasteiger partial charge is 0.339 e. The zero-order valence-electron chi connectivity index (χ0n) is 28.5. The van der Waals surface area contributed by atoms with E-state index in [9.17, 15) is 9.59 Å². The van der Waals surface area contributed by atoms with Crippen molar-refractivity contribution in [2.75, 3.05) is 0 Å². The third kappa shape index (κ3) is 11.1. The molecule has 0 aromatic rings. The lowest BCUT2D eigenvalue weighted by molar-refractivity contribution is -0.280. The summed E-state index contributed by atoms with van der Waals surface area (Å²) in [5.74, 6) is -1.84. The van der Waals surface area contributed by atoms with Gasteiger partial charge in [-0.2, -0.15) is 0 Å². The van der Waals surface area contributed by atoms with Crippen LogP contribution in [0.3, 0.4) is 0 Å². The normalized spacial score (nSPS) is 22.0. The summed E-state index contributed by atoms with van der Waals surface area (Å²) in [4.78, 5) is 39.7. The van der Waals surface area contributed by atoms with Crippen LogP contribution in [0.4, 0.5) is 0 Å². The van der Waals surface area contributed by atoms with E-state index in [1.165, 1.54) is 57.8 Å². The molecular weight excluding hydrogens is 512 g/mol. The van der Waals surface area contributed by atoms with E-state index in [0.717, 1.165) is 57.8 Å². The number of carbonyl (C=O) groups is 2. The fraction of sp³-hybridized carbons (Fsp3) is 0.943. The van der Waals surface area contributed by atoms with Crippen LogP contribution in [0.5, 0.6) is 0 Å². The molecule has 2 aliphatic rings. The van der Waals surface area contributed by atoms with Gasteiger partial charge in [-0.05, 0) is 100 Å². The van der Waals surface area contributed by atoms with Gasteiger partial charge in [0.25, 0.3) is 0 Å². The topological polar surface area (TPSA) is 59.1 Å². The molecular formula is C35H66N2O4. The minimum absolute atomic E-state index is 0.279. The Morgan fingerprint density at radius 3 is 1.15 bits per heavy atom. The average molecular weight is 579 g/mol. The van der Waals surface area contributed by atoms with Crippen molar-refractivity contribution in [3.63, 3.8) is 0 Å². The Balaban J connectivity index is 1.98. The molecule has 0 aliphatic carbocycles. The van der Waals surface area contributed by atoms with Crippen LogP contribution in [0.15, 0.2) is 0 Å². The van der Waals surface area contributed by atoms with E-state index in [1.807, 2.05) is 10.1 Å².